The molecule has 0 fully saturated rings. The van der Waals surface area contributed by atoms with Gasteiger partial charge < -0.3 is 14.7 Å². The summed E-state index contributed by atoms with van der Waals surface area (Å²) in [5.41, 5.74) is 20.3. The summed E-state index contributed by atoms with van der Waals surface area (Å²) in [5, 5.41) is 0. The first kappa shape index (κ1) is 34.7. The van der Waals surface area contributed by atoms with Crippen molar-refractivity contribution in [1.82, 2.24) is 0 Å². The van der Waals surface area contributed by atoms with E-state index in [1.54, 1.807) is 0 Å². The molecule has 0 aliphatic carbocycles. The molecule has 0 aromatic heterocycles. The maximum absolute atomic E-state index is 2.50. The first-order chi connectivity index (χ1) is 29.2. The SMILES string of the molecule is Cc1cccc(N2c3cc(N(c4ccccc4)c4ccccc4)ccc3B3c4ccc(-c5ccccc5)cc4N(c4cccc(-c5ccccc5)c4)c4cccc2c43)c1. The molecule has 0 saturated carbocycles. The zero-order valence-electron chi connectivity index (χ0n) is 32.8. The molecule has 2 heterocycles. The molecule has 0 unspecified atom stereocenters. The molecule has 59 heavy (non-hydrogen) atoms. The molecule has 2 aliphatic heterocycles. The van der Waals surface area contributed by atoms with Crippen LogP contribution in [-0.4, -0.2) is 6.71 Å². The average Bonchev–Trinajstić information content (AvgIpc) is 3.30. The maximum atomic E-state index is 2.50. The summed E-state index contributed by atoms with van der Waals surface area (Å²) < 4.78 is 0. The third kappa shape index (κ3) is 6.00. The van der Waals surface area contributed by atoms with Crippen molar-refractivity contribution in [2.24, 2.45) is 0 Å². The molecule has 0 saturated heterocycles. The second kappa shape index (κ2) is 14.4. The highest BCUT2D eigenvalue weighted by atomic mass is 15.2. The van der Waals surface area contributed by atoms with Crippen LogP contribution in [0.4, 0.5) is 51.2 Å². The van der Waals surface area contributed by atoms with Crippen molar-refractivity contribution in [3.05, 3.63) is 230 Å². The predicted octanol–water partition coefficient (Wildman–Crippen LogP) is 12.9. The molecular weight excluding hydrogens is 713 g/mol. The van der Waals surface area contributed by atoms with E-state index in [1.165, 1.54) is 67.0 Å². The first-order valence-electron chi connectivity index (χ1n) is 20.4. The summed E-state index contributed by atoms with van der Waals surface area (Å²) in [6.07, 6.45) is 0. The van der Waals surface area contributed by atoms with Crippen LogP contribution in [0.2, 0.25) is 0 Å². The average molecular weight is 754 g/mol. The van der Waals surface area contributed by atoms with Gasteiger partial charge in [0.1, 0.15) is 0 Å². The Morgan fingerprint density at radius 2 is 0.814 bits per heavy atom. The molecular formula is C55H40BN3. The van der Waals surface area contributed by atoms with E-state index < -0.39 is 0 Å². The Labute approximate surface area is 346 Å². The Kier molecular flexibility index (Phi) is 8.48. The van der Waals surface area contributed by atoms with E-state index in [4.69, 9.17) is 0 Å². The number of hydrogen-bond acceptors (Lipinski definition) is 3. The van der Waals surface area contributed by atoms with E-state index in [0.29, 0.717) is 0 Å². The molecule has 0 spiro atoms. The molecule has 278 valence electrons. The van der Waals surface area contributed by atoms with Crippen molar-refractivity contribution in [2.75, 3.05) is 14.7 Å². The maximum Gasteiger partial charge on any atom is 0.252 e. The summed E-state index contributed by atoms with van der Waals surface area (Å²) in [5.74, 6) is 0. The molecule has 9 aromatic rings. The monoisotopic (exact) mass is 753 g/mol. The molecule has 11 rings (SSSR count). The molecule has 0 amide bonds. The van der Waals surface area contributed by atoms with Crippen LogP contribution < -0.4 is 31.1 Å². The lowest BCUT2D eigenvalue weighted by Crippen LogP contribution is -2.61. The standard InChI is InChI=1S/C55H40BN3/c1-39-17-14-27-46(35-39)58-51-29-16-30-52-55(51)56(50-34-32-48(38-54(50)58)57(44-23-10-4-11-24-44)45-25-12-5-13-26-45)49-33-31-43(41-20-8-3-9-21-41)37-53(49)59(52)47-28-15-22-42(36-47)40-18-6-2-7-19-40/h2-38H,1H3. The van der Waals surface area contributed by atoms with Gasteiger partial charge >= 0.3 is 0 Å². The minimum atomic E-state index is 0.00147. The van der Waals surface area contributed by atoms with Crippen LogP contribution >= 0.6 is 0 Å². The number of para-hydroxylation sites is 2. The largest absolute Gasteiger partial charge is 0.311 e. The molecule has 2 aliphatic rings. The Morgan fingerprint density at radius 1 is 0.339 bits per heavy atom. The quantitative estimate of drug-likeness (QED) is 0.150. The van der Waals surface area contributed by atoms with Crippen molar-refractivity contribution in [1.29, 1.82) is 0 Å². The van der Waals surface area contributed by atoms with Gasteiger partial charge in [-0.05, 0) is 130 Å². The van der Waals surface area contributed by atoms with Crippen LogP contribution in [0.25, 0.3) is 22.3 Å². The van der Waals surface area contributed by atoms with Gasteiger partial charge in [-0.15, -0.1) is 0 Å². The number of anilines is 9. The van der Waals surface area contributed by atoms with Gasteiger partial charge in [0.2, 0.25) is 0 Å². The van der Waals surface area contributed by atoms with E-state index in [1.807, 2.05) is 0 Å². The van der Waals surface area contributed by atoms with Crippen LogP contribution in [-0.2, 0) is 0 Å². The minimum absolute atomic E-state index is 0.00147. The molecule has 0 bridgehead atoms. The molecule has 9 aromatic carbocycles. The van der Waals surface area contributed by atoms with Crippen molar-refractivity contribution in [3.8, 4) is 22.3 Å². The van der Waals surface area contributed by atoms with Gasteiger partial charge in [0.15, 0.2) is 0 Å². The van der Waals surface area contributed by atoms with Crippen LogP contribution in [0, 0.1) is 6.92 Å². The van der Waals surface area contributed by atoms with Crippen molar-refractivity contribution < 1.29 is 0 Å². The number of aryl methyl sites for hydroxylation is 1. The number of rotatable bonds is 7. The third-order valence-electron chi connectivity index (χ3n) is 11.8. The van der Waals surface area contributed by atoms with E-state index in [0.717, 1.165) is 28.4 Å². The number of nitrogens with zero attached hydrogens (tertiary/aromatic N) is 3. The van der Waals surface area contributed by atoms with E-state index >= 15 is 0 Å². The van der Waals surface area contributed by atoms with E-state index in [-0.39, 0.29) is 6.71 Å². The summed E-state index contributed by atoms with van der Waals surface area (Å²) in [4.78, 5) is 7.37. The van der Waals surface area contributed by atoms with Crippen LogP contribution in [0.5, 0.6) is 0 Å². The normalized spacial score (nSPS) is 12.4. The zero-order chi connectivity index (χ0) is 39.3. The van der Waals surface area contributed by atoms with Crippen molar-refractivity contribution >= 4 is 74.3 Å². The van der Waals surface area contributed by atoms with Gasteiger partial charge in [0.25, 0.3) is 6.71 Å². The molecule has 0 N–H and O–H groups in total. The summed E-state index contributed by atoms with van der Waals surface area (Å²) in [6, 6.07) is 81.9. The Hall–Kier alpha value is -7.56. The zero-order valence-corrected chi connectivity index (χ0v) is 32.8. The molecule has 0 radical (unpaired) electrons. The van der Waals surface area contributed by atoms with Crippen molar-refractivity contribution in [2.45, 2.75) is 6.92 Å². The summed E-state index contributed by atoms with van der Waals surface area (Å²) in [7, 11) is 0. The summed E-state index contributed by atoms with van der Waals surface area (Å²) in [6.45, 7) is 2.18. The highest BCUT2D eigenvalue weighted by Crippen LogP contribution is 2.46. The Balaban J connectivity index is 1.18. The highest BCUT2D eigenvalue weighted by molar-refractivity contribution is 7.00. The number of fused-ring (bicyclic) bond motifs is 4. The fourth-order valence-electron chi connectivity index (χ4n) is 9.25. The van der Waals surface area contributed by atoms with Gasteiger partial charge in [-0.25, -0.2) is 0 Å². The van der Waals surface area contributed by atoms with Gasteiger partial charge in [-0.3, -0.25) is 0 Å². The van der Waals surface area contributed by atoms with E-state index in [2.05, 4.69) is 246 Å². The first-order valence-corrected chi connectivity index (χ1v) is 20.4. The molecule has 3 nitrogen and oxygen atoms in total. The number of benzene rings is 9. The smallest absolute Gasteiger partial charge is 0.252 e. The fourth-order valence-corrected chi connectivity index (χ4v) is 9.25. The second-order valence-corrected chi connectivity index (χ2v) is 15.5. The molecule has 0 atom stereocenters. The van der Waals surface area contributed by atoms with Gasteiger partial charge in [0, 0.05) is 51.2 Å². The van der Waals surface area contributed by atoms with Crippen LogP contribution in [0.3, 0.4) is 0 Å². The molecule has 4 heteroatoms. The number of hydrogen-bond donors (Lipinski definition) is 0. The van der Waals surface area contributed by atoms with Gasteiger partial charge in [-0.2, -0.15) is 0 Å². The fraction of sp³-hybridized carbons (Fsp3) is 0.0182. The highest BCUT2D eigenvalue weighted by Gasteiger charge is 2.43. The van der Waals surface area contributed by atoms with Gasteiger partial charge in [0.05, 0.1) is 0 Å². The van der Waals surface area contributed by atoms with Crippen LogP contribution in [0.15, 0.2) is 224 Å². The lowest BCUT2D eigenvalue weighted by atomic mass is 9.33. The lowest BCUT2D eigenvalue weighted by Gasteiger charge is -2.44. The second-order valence-electron chi connectivity index (χ2n) is 15.5. The lowest BCUT2D eigenvalue weighted by molar-refractivity contribution is 1.23. The van der Waals surface area contributed by atoms with Crippen LogP contribution in [0.1, 0.15) is 5.56 Å². The van der Waals surface area contributed by atoms with Gasteiger partial charge in [-0.1, -0.05) is 146 Å². The predicted molar refractivity (Wildman–Crippen MR) is 251 cm³/mol. The van der Waals surface area contributed by atoms with Crippen molar-refractivity contribution in [3.63, 3.8) is 0 Å². The topological polar surface area (TPSA) is 9.72 Å². The minimum Gasteiger partial charge on any atom is -0.311 e. The Morgan fingerprint density at radius 3 is 1.41 bits per heavy atom. The van der Waals surface area contributed by atoms with E-state index in [9.17, 15) is 0 Å². The Bertz CT molecular complexity index is 2930. The summed E-state index contributed by atoms with van der Waals surface area (Å²) >= 11 is 0. The third-order valence-corrected chi connectivity index (χ3v) is 11.8.